The Morgan fingerprint density at radius 2 is 1.71 bits per heavy atom. The van der Waals surface area contributed by atoms with Gasteiger partial charge >= 0.3 is 0 Å². The first-order valence-electron chi connectivity index (χ1n) is 11.7. The number of benzene rings is 1. The van der Waals surface area contributed by atoms with E-state index in [2.05, 4.69) is 29.1 Å². The number of ether oxygens (including phenoxy) is 3. The van der Waals surface area contributed by atoms with Crippen LogP contribution in [0.4, 0.5) is 5.69 Å². The van der Waals surface area contributed by atoms with E-state index in [4.69, 9.17) is 14.2 Å². The molecule has 0 saturated carbocycles. The highest BCUT2D eigenvalue weighted by Crippen LogP contribution is 2.48. The maximum atomic E-state index is 10.3. The molecule has 1 aromatic carbocycles. The van der Waals surface area contributed by atoms with E-state index in [1.165, 1.54) is 0 Å². The van der Waals surface area contributed by atoms with E-state index in [1.54, 1.807) is 7.11 Å². The lowest BCUT2D eigenvalue weighted by atomic mass is 9.98. The molecular formula is C25H32N2O7. The molecule has 0 amide bonds. The minimum Gasteiger partial charge on any atom is -0.496 e. The molecule has 4 N–H and O–H groups in total. The highest BCUT2D eigenvalue weighted by Gasteiger charge is 2.44. The van der Waals surface area contributed by atoms with Crippen molar-refractivity contribution in [3.05, 3.63) is 53.1 Å². The van der Waals surface area contributed by atoms with Crippen LogP contribution in [-0.4, -0.2) is 89.1 Å². The SMILES string of the molecule is COc1cc(C)cc2c1C(=C1C=CC(O[C@@H]3O[C@H](CO)[C@@H](O)[C@H](O)[C@H]3O)C=C1)N1CCCCN21. The van der Waals surface area contributed by atoms with Crippen LogP contribution in [0.1, 0.15) is 24.0 Å². The third-order valence-corrected chi connectivity index (χ3v) is 6.84. The van der Waals surface area contributed by atoms with Crippen LogP contribution in [0.15, 0.2) is 42.0 Å². The molecule has 3 aliphatic heterocycles. The van der Waals surface area contributed by atoms with Gasteiger partial charge in [-0.15, -0.1) is 0 Å². The number of nitrogens with zero attached hydrogens (tertiary/aromatic N) is 2. The first-order valence-corrected chi connectivity index (χ1v) is 11.7. The van der Waals surface area contributed by atoms with E-state index in [0.29, 0.717) is 0 Å². The van der Waals surface area contributed by atoms with Crippen molar-refractivity contribution < 1.29 is 34.6 Å². The van der Waals surface area contributed by atoms with Gasteiger partial charge in [0, 0.05) is 18.7 Å². The minimum atomic E-state index is -1.47. The van der Waals surface area contributed by atoms with Gasteiger partial charge in [0.15, 0.2) is 6.29 Å². The fourth-order valence-electron chi connectivity index (χ4n) is 5.11. The second-order valence-electron chi connectivity index (χ2n) is 9.13. The molecule has 1 aliphatic carbocycles. The van der Waals surface area contributed by atoms with Crippen molar-refractivity contribution in [2.45, 2.75) is 56.6 Å². The number of aryl methyl sites for hydroxylation is 1. The van der Waals surface area contributed by atoms with Crippen molar-refractivity contribution in [3.8, 4) is 5.75 Å². The second-order valence-corrected chi connectivity index (χ2v) is 9.13. The molecule has 34 heavy (non-hydrogen) atoms. The Bertz CT molecular complexity index is 1000. The number of anilines is 1. The molecule has 4 aliphatic rings. The summed E-state index contributed by atoms with van der Waals surface area (Å²) in [7, 11) is 1.70. The quantitative estimate of drug-likeness (QED) is 0.506. The molecule has 5 atom stereocenters. The molecule has 5 rings (SSSR count). The third-order valence-electron chi connectivity index (χ3n) is 6.84. The van der Waals surface area contributed by atoms with Crippen molar-refractivity contribution in [1.29, 1.82) is 0 Å². The standard InChI is InChI=1S/C25H32N2O7/c1-14-11-17-20(18(12-14)32-2)21(27-10-4-3-9-26(17)27)15-5-7-16(8-6-15)33-25-24(31)23(30)22(29)19(13-28)34-25/h5-8,11-12,16,19,22-25,28-31H,3-4,9-10,13H2,1-2H3/t16?,19-,22-,23+,24-,25-/m1/s1. The number of methoxy groups -OCH3 is 1. The van der Waals surface area contributed by atoms with E-state index in [9.17, 15) is 20.4 Å². The Morgan fingerprint density at radius 1 is 1.00 bits per heavy atom. The zero-order chi connectivity index (χ0) is 24.0. The van der Waals surface area contributed by atoms with Crippen LogP contribution >= 0.6 is 0 Å². The molecule has 0 radical (unpaired) electrons. The topological polar surface area (TPSA) is 115 Å². The lowest BCUT2D eigenvalue weighted by Gasteiger charge is -2.40. The van der Waals surface area contributed by atoms with Crippen LogP contribution in [0.5, 0.6) is 5.75 Å². The molecule has 0 bridgehead atoms. The Hall–Kier alpha value is -2.40. The number of aliphatic hydroxyl groups excluding tert-OH is 4. The van der Waals surface area contributed by atoms with E-state index in [1.807, 2.05) is 24.3 Å². The number of aliphatic hydroxyl groups is 4. The molecule has 0 unspecified atom stereocenters. The van der Waals surface area contributed by atoms with Crippen molar-refractivity contribution in [3.63, 3.8) is 0 Å². The van der Waals surface area contributed by atoms with Crippen molar-refractivity contribution in [1.82, 2.24) is 5.01 Å². The van der Waals surface area contributed by atoms with E-state index >= 15 is 0 Å². The number of rotatable bonds is 4. The number of allylic oxidation sites excluding steroid dienone is 3. The zero-order valence-electron chi connectivity index (χ0n) is 19.4. The minimum absolute atomic E-state index is 0.496. The monoisotopic (exact) mass is 472 g/mol. The van der Waals surface area contributed by atoms with E-state index < -0.39 is 43.4 Å². The van der Waals surface area contributed by atoms with E-state index in [0.717, 1.165) is 59.8 Å². The summed E-state index contributed by atoms with van der Waals surface area (Å²) in [6, 6.07) is 4.26. The summed E-state index contributed by atoms with van der Waals surface area (Å²) in [4.78, 5) is 0. The van der Waals surface area contributed by atoms with Crippen LogP contribution in [0.25, 0.3) is 5.70 Å². The van der Waals surface area contributed by atoms with Crippen LogP contribution in [0.3, 0.4) is 0 Å². The molecule has 1 aromatic rings. The second kappa shape index (κ2) is 9.33. The Kier molecular flexibility index (Phi) is 6.41. The molecule has 184 valence electrons. The van der Waals surface area contributed by atoms with Gasteiger partial charge in [-0.05, 0) is 37.5 Å². The summed E-state index contributed by atoms with van der Waals surface area (Å²) < 4.78 is 17.1. The Balaban J connectivity index is 1.42. The fraction of sp³-hybridized carbons (Fsp3) is 0.520. The summed E-state index contributed by atoms with van der Waals surface area (Å²) in [6.45, 7) is 3.45. The van der Waals surface area contributed by atoms with Gasteiger partial charge < -0.3 is 34.6 Å². The molecule has 3 heterocycles. The summed E-state index contributed by atoms with van der Waals surface area (Å²) in [5, 5.41) is 44.3. The van der Waals surface area contributed by atoms with Crippen LogP contribution in [0, 0.1) is 6.92 Å². The zero-order valence-corrected chi connectivity index (χ0v) is 19.4. The Morgan fingerprint density at radius 3 is 2.38 bits per heavy atom. The van der Waals surface area contributed by atoms with Gasteiger partial charge in [0.1, 0.15) is 30.2 Å². The normalized spacial score (nSPS) is 32.8. The van der Waals surface area contributed by atoms with Gasteiger partial charge in [-0.2, -0.15) is 0 Å². The van der Waals surface area contributed by atoms with Gasteiger partial charge in [0.25, 0.3) is 0 Å². The van der Waals surface area contributed by atoms with Crippen LogP contribution in [-0.2, 0) is 9.47 Å². The third kappa shape index (κ3) is 3.92. The van der Waals surface area contributed by atoms with Gasteiger partial charge in [-0.3, -0.25) is 10.0 Å². The summed E-state index contributed by atoms with van der Waals surface area (Å²) in [5.41, 5.74) is 5.48. The fourth-order valence-corrected chi connectivity index (χ4v) is 5.11. The Labute approximate surface area is 198 Å². The smallest absolute Gasteiger partial charge is 0.187 e. The lowest BCUT2D eigenvalue weighted by molar-refractivity contribution is -0.304. The summed E-state index contributed by atoms with van der Waals surface area (Å²) >= 11 is 0. The number of hydrogen-bond acceptors (Lipinski definition) is 9. The summed E-state index contributed by atoms with van der Waals surface area (Å²) in [6.07, 6.45) is 2.89. The van der Waals surface area contributed by atoms with Crippen molar-refractivity contribution in [2.75, 3.05) is 31.8 Å². The van der Waals surface area contributed by atoms with Crippen molar-refractivity contribution in [2.24, 2.45) is 0 Å². The molecule has 2 saturated heterocycles. The molecule has 9 heteroatoms. The van der Waals surface area contributed by atoms with Gasteiger partial charge in [0.2, 0.25) is 0 Å². The molecule has 9 nitrogen and oxygen atoms in total. The average Bonchev–Trinajstić information content (AvgIpc) is 3.18. The predicted molar refractivity (Wildman–Crippen MR) is 125 cm³/mol. The molecule has 0 spiro atoms. The van der Waals surface area contributed by atoms with Gasteiger partial charge in [-0.25, -0.2) is 0 Å². The van der Waals surface area contributed by atoms with Gasteiger partial charge in [0.05, 0.1) is 36.8 Å². The highest BCUT2D eigenvalue weighted by atomic mass is 16.7. The number of fused-ring (bicyclic) bond motifs is 3. The lowest BCUT2D eigenvalue weighted by Crippen LogP contribution is -2.59. The predicted octanol–water partition coefficient (Wildman–Crippen LogP) is 0.857. The first-order chi connectivity index (χ1) is 16.4. The highest BCUT2D eigenvalue weighted by molar-refractivity contribution is 5.90. The number of hydrogen-bond donors (Lipinski definition) is 4. The number of hydrazine groups is 1. The largest absolute Gasteiger partial charge is 0.496 e. The molecule has 2 fully saturated rings. The first kappa shape index (κ1) is 23.3. The van der Waals surface area contributed by atoms with Gasteiger partial charge in [-0.1, -0.05) is 24.3 Å². The van der Waals surface area contributed by atoms with Crippen LogP contribution < -0.4 is 9.75 Å². The van der Waals surface area contributed by atoms with Crippen LogP contribution in [0.2, 0.25) is 0 Å². The maximum absolute atomic E-state index is 10.3. The average molecular weight is 473 g/mol. The van der Waals surface area contributed by atoms with Crippen molar-refractivity contribution >= 4 is 11.4 Å². The summed E-state index contributed by atoms with van der Waals surface area (Å²) in [5.74, 6) is 0.841. The molecule has 0 aromatic heterocycles. The molecular weight excluding hydrogens is 440 g/mol. The van der Waals surface area contributed by atoms with E-state index in [-0.39, 0.29) is 0 Å². The maximum Gasteiger partial charge on any atom is 0.187 e.